The van der Waals surface area contributed by atoms with E-state index in [0.717, 1.165) is 6.20 Å². The first-order chi connectivity index (χ1) is 12.3. The number of carboxylic acids is 1. The van der Waals surface area contributed by atoms with Crippen LogP contribution in [0.2, 0.25) is 0 Å². The van der Waals surface area contributed by atoms with Crippen LogP contribution in [-0.2, 0) is 0 Å². The number of anilines is 1. The molecule has 1 aliphatic heterocycles. The zero-order valence-electron chi connectivity index (χ0n) is 13.3. The molecule has 1 fully saturated rings. The van der Waals surface area contributed by atoms with Gasteiger partial charge < -0.3 is 10.0 Å². The van der Waals surface area contributed by atoms with Gasteiger partial charge in [0, 0.05) is 12.6 Å². The van der Waals surface area contributed by atoms with Crippen LogP contribution >= 0.6 is 0 Å². The standard InChI is InChI=1S/C17H13F3N4O2/c18-11-3-1-2-10(6-11)13-7-17(19,20)9-23(13)14-4-5-24-15(22-14)12(8-21-24)16(25)26/h1-6,8,13H,7,9H2,(H,25,26)/t13-/m1/s1. The molecule has 4 rings (SSSR count). The number of carboxylic acid groups (broad SMARTS) is 1. The van der Waals surface area contributed by atoms with Crippen molar-refractivity contribution >= 4 is 17.4 Å². The van der Waals surface area contributed by atoms with Gasteiger partial charge in [-0.3, -0.25) is 0 Å². The van der Waals surface area contributed by atoms with Gasteiger partial charge in [0.15, 0.2) is 5.65 Å². The van der Waals surface area contributed by atoms with Crippen molar-refractivity contribution in [2.75, 3.05) is 11.4 Å². The average Bonchev–Trinajstić information content (AvgIpc) is 3.14. The van der Waals surface area contributed by atoms with Gasteiger partial charge in [-0.2, -0.15) is 5.10 Å². The molecule has 134 valence electrons. The summed E-state index contributed by atoms with van der Waals surface area (Å²) in [6.07, 6.45) is 2.13. The molecule has 1 atom stereocenters. The summed E-state index contributed by atoms with van der Waals surface area (Å²) >= 11 is 0. The zero-order chi connectivity index (χ0) is 18.5. The van der Waals surface area contributed by atoms with Gasteiger partial charge in [-0.05, 0) is 23.8 Å². The van der Waals surface area contributed by atoms with Gasteiger partial charge in [0.2, 0.25) is 0 Å². The van der Waals surface area contributed by atoms with Crippen molar-refractivity contribution in [3.63, 3.8) is 0 Å². The predicted molar refractivity (Wildman–Crippen MR) is 86.0 cm³/mol. The minimum atomic E-state index is -2.97. The third-order valence-corrected chi connectivity index (χ3v) is 4.38. The van der Waals surface area contributed by atoms with Crippen LogP contribution in [-0.4, -0.2) is 38.1 Å². The van der Waals surface area contributed by atoms with E-state index in [0.29, 0.717) is 5.56 Å². The van der Waals surface area contributed by atoms with E-state index in [2.05, 4.69) is 10.1 Å². The van der Waals surface area contributed by atoms with Crippen LogP contribution in [0.25, 0.3) is 5.65 Å². The molecule has 0 radical (unpaired) electrons. The summed E-state index contributed by atoms with van der Waals surface area (Å²) in [6.45, 7) is -0.589. The van der Waals surface area contributed by atoms with Gasteiger partial charge in [0.05, 0.1) is 18.8 Å². The van der Waals surface area contributed by atoms with Crippen molar-refractivity contribution in [2.24, 2.45) is 0 Å². The summed E-state index contributed by atoms with van der Waals surface area (Å²) in [5.74, 6) is -4.50. The second-order valence-electron chi connectivity index (χ2n) is 6.18. The molecule has 0 bridgehead atoms. The lowest BCUT2D eigenvalue weighted by molar-refractivity contribution is 0.0222. The van der Waals surface area contributed by atoms with E-state index in [1.165, 1.54) is 39.9 Å². The number of halogens is 3. The van der Waals surface area contributed by atoms with Crippen LogP contribution in [0, 0.1) is 5.82 Å². The molecule has 26 heavy (non-hydrogen) atoms. The second kappa shape index (κ2) is 5.72. The number of carbonyl (C=O) groups is 1. The highest BCUT2D eigenvalue weighted by molar-refractivity contribution is 5.94. The summed E-state index contributed by atoms with van der Waals surface area (Å²) in [6, 6.07) is 6.24. The van der Waals surface area contributed by atoms with Gasteiger partial charge in [-0.15, -0.1) is 0 Å². The molecule has 0 saturated carbocycles. The number of fused-ring (bicyclic) bond motifs is 1. The number of benzene rings is 1. The fraction of sp³-hybridized carbons (Fsp3) is 0.235. The van der Waals surface area contributed by atoms with Crippen molar-refractivity contribution in [1.29, 1.82) is 0 Å². The molecule has 9 heteroatoms. The molecule has 3 heterocycles. The van der Waals surface area contributed by atoms with Crippen molar-refractivity contribution in [3.05, 3.63) is 59.7 Å². The summed E-state index contributed by atoms with van der Waals surface area (Å²) in [5.41, 5.74) is 0.346. The molecule has 6 nitrogen and oxygen atoms in total. The van der Waals surface area contributed by atoms with E-state index >= 15 is 0 Å². The Labute approximate surface area is 145 Å². The SMILES string of the molecule is O=C(O)c1cnn2ccc(N3CC(F)(F)C[C@@H]3c3cccc(F)c3)nc12. The highest BCUT2D eigenvalue weighted by Crippen LogP contribution is 2.43. The number of hydrogen-bond donors (Lipinski definition) is 1. The topological polar surface area (TPSA) is 70.7 Å². The fourth-order valence-corrected chi connectivity index (χ4v) is 3.24. The Hall–Kier alpha value is -3.10. The maximum atomic E-state index is 14.1. The molecule has 1 saturated heterocycles. The molecule has 0 aliphatic carbocycles. The predicted octanol–water partition coefficient (Wildman–Crippen LogP) is 3.15. The third-order valence-electron chi connectivity index (χ3n) is 4.38. The Morgan fingerprint density at radius 1 is 1.31 bits per heavy atom. The van der Waals surface area contributed by atoms with Crippen LogP contribution in [0.5, 0.6) is 0 Å². The van der Waals surface area contributed by atoms with E-state index in [1.54, 1.807) is 6.07 Å². The first-order valence-corrected chi connectivity index (χ1v) is 7.82. The van der Waals surface area contributed by atoms with Crippen LogP contribution < -0.4 is 4.90 Å². The molecule has 0 amide bonds. The number of rotatable bonds is 3. The highest BCUT2D eigenvalue weighted by atomic mass is 19.3. The summed E-state index contributed by atoms with van der Waals surface area (Å²) in [7, 11) is 0. The van der Waals surface area contributed by atoms with Crippen LogP contribution in [0.3, 0.4) is 0 Å². The van der Waals surface area contributed by atoms with Crippen molar-refractivity contribution in [3.8, 4) is 0 Å². The first-order valence-electron chi connectivity index (χ1n) is 7.82. The molecular weight excluding hydrogens is 349 g/mol. The number of hydrogen-bond acceptors (Lipinski definition) is 4. The Kier molecular flexibility index (Phi) is 3.60. The Bertz CT molecular complexity index is 1000. The molecule has 1 N–H and O–H groups in total. The quantitative estimate of drug-likeness (QED) is 0.775. The van der Waals surface area contributed by atoms with E-state index in [-0.39, 0.29) is 17.0 Å². The lowest BCUT2D eigenvalue weighted by atomic mass is 10.0. The van der Waals surface area contributed by atoms with Gasteiger partial charge in [0.1, 0.15) is 17.2 Å². The van der Waals surface area contributed by atoms with Crippen molar-refractivity contribution < 1.29 is 23.1 Å². The Morgan fingerprint density at radius 3 is 2.85 bits per heavy atom. The van der Waals surface area contributed by atoms with E-state index < -0.39 is 36.7 Å². The summed E-state index contributed by atoms with van der Waals surface area (Å²) in [4.78, 5) is 16.9. The van der Waals surface area contributed by atoms with E-state index in [9.17, 15) is 23.1 Å². The number of aromatic nitrogens is 3. The minimum absolute atomic E-state index is 0.0585. The maximum Gasteiger partial charge on any atom is 0.341 e. The lowest BCUT2D eigenvalue weighted by Crippen LogP contribution is -2.27. The smallest absolute Gasteiger partial charge is 0.341 e. The molecule has 1 aromatic carbocycles. The molecule has 0 unspecified atom stereocenters. The second-order valence-corrected chi connectivity index (χ2v) is 6.18. The largest absolute Gasteiger partial charge is 0.477 e. The number of aromatic carboxylic acids is 1. The van der Waals surface area contributed by atoms with Gasteiger partial charge in [0.25, 0.3) is 5.92 Å². The Morgan fingerprint density at radius 2 is 2.12 bits per heavy atom. The average molecular weight is 362 g/mol. The van der Waals surface area contributed by atoms with Gasteiger partial charge >= 0.3 is 5.97 Å². The van der Waals surface area contributed by atoms with Crippen LogP contribution in [0.15, 0.2) is 42.7 Å². The third kappa shape index (κ3) is 2.75. The monoisotopic (exact) mass is 362 g/mol. The van der Waals surface area contributed by atoms with Gasteiger partial charge in [-0.25, -0.2) is 27.5 Å². The number of alkyl halides is 2. The highest BCUT2D eigenvalue weighted by Gasteiger charge is 2.46. The normalized spacial score (nSPS) is 19.2. The number of nitrogens with zero attached hydrogens (tertiary/aromatic N) is 4. The Balaban J connectivity index is 1.80. The molecular formula is C17H13F3N4O2. The lowest BCUT2D eigenvalue weighted by Gasteiger charge is -2.25. The fourth-order valence-electron chi connectivity index (χ4n) is 3.24. The minimum Gasteiger partial charge on any atom is -0.477 e. The van der Waals surface area contributed by atoms with Crippen LogP contribution in [0.4, 0.5) is 19.0 Å². The van der Waals surface area contributed by atoms with Gasteiger partial charge in [-0.1, -0.05) is 12.1 Å². The van der Waals surface area contributed by atoms with Crippen molar-refractivity contribution in [1.82, 2.24) is 14.6 Å². The van der Waals surface area contributed by atoms with E-state index in [1.807, 2.05) is 0 Å². The van der Waals surface area contributed by atoms with E-state index in [4.69, 9.17) is 0 Å². The summed E-state index contributed by atoms with van der Waals surface area (Å²) < 4.78 is 43.0. The van der Waals surface area contributed by atoms with Crippen molar-refractivity contribution in [2.45, 2.75) is 18.4 Å². The summed E-state index contributed by atoms with van der Waals surface area (Å²) in [5, 5.41) is 13.1. The maximum absolute atomic E-state index is 14.1. The zero-order valence-corrected chi connectivity index (χ0v) is 13.3. The van der Waals surface area contributed by atoms with Crippen LogP contribution in [0.1, 0.15) is 28.4 Å². The first kappa shape index (κ1) is 16.4. The molecule has 1 aliphatic rings. The molecule has 0 spiro atoms. The molecule has 2 aromatic heterocycles. The molecule has 3 aromatic rings.